The largest absolute Gasteiger partial charge is 0.373 e. The Hall–Kier alpha value is 0.0500. The molecule has 1 fully saturated rings. The first-order valence-electron chi connectivity index (χ1n) is 3.69. The predicted molar refractivity (Wildman–Crippen MR) is 46.5 cm³/mol. The average molecular weight is 158 g/mol. The van der Waals surface area contributed by atoms with Crippen LogP contribution in [0.25, 0.3) is 0 Å². The van der Waals surface area contributed by atoms with Crippen molar-refractivity contribution >= 4 is 11.8 Å². The van der Waals surface area contributed by atoms with E-state index < -0.39 is 0 Å². The molecule has 1 heterocycles. The SMILES string of the molecule is C/C=C/[C@@H](C)OC[C@H]1CS1. The molecule has 0 amide bonds. The molecule has 1 rings (SSSR count). The van der Waals surface area contributed by atoms with Crippen molar-refractivity contribution in [1.82, 2.24) is 0 Å². The van der Waals surface area contributed by atoms with Crippen LogP contribution >= 0.6 is 11.8 Å². The summed E-state index contributed by atoms with van der Waals surface area (Å²) < 4.78 is 5.50. The maximum absolute atomic E-state index is 5.50. The molecule has 1 nitrogen and oxygen atoms in total. The first-order chi connectivity index (χ1) is 4.83. The molecule has 1 aliphatic heterocycles. The minimum Gasteiger partial charge on any atom is -0.373 e. The van der Waals surface area contributed by atoms with Crippen molar-refractivity contribution in [2.45, 2.75) is 25.2 Å². The zero-order chi connectivity index (χ0) is 7.40. The topological polar surface area (TPSA) is 9.23 Å². The number of allylic oxidation sites excluding steroid dienone is 1. The van der Waals surface area contributed by atoms with Crippen LogP contribution in [0.2, 0.25) is 0 Å². The Labute approximate surface area is 66.8 Å². The predicted octanol–water partition coefficient (Wildman–Crippen LogP) is 2.08. The minimum atomic E-state index is 0.297. The third kappa shape index (κ3) is 3.28. The lowest BCUT2D eigenvalue weighted by molar-refractivity contribution is 0.104. The van der Waals surface area contributed by atoms with E-state index in [0.29, 0.717) is 6.10 Å². The molecular formula is C8H14OS. The van der Waals surface area contributed by atoms with Gasteiger partial charge in [-0.25, -0.2) is 0 Å². The van der Waals surface area contributed by atoms with Gasteiger partial charge in [0, 0.05) is 11.0 Å². The Kier molecular flexibility index (Phi) is 3.29. The van der Waals surface area contributed by atoms with E-state index in [-0.39, 0.29) is 0 Å². The highest BCUT2D eigenvalue weighted by atomic mass is 32.2. The van der Waals surface area contributed by atoms with Crippen molar-refractivity contribution in [3.63, 3.8) is 0 Å². The molecule has 0 aliphatic carbocycles. The van der Waals surface area contributed by atoms with E-state index in [0.717, 1.165) is 11.9 Å². The zero-order valence-corrected chi connectivity index (χ0v) is 7.36. The third-order valence-electron chi connectivity index (χ3n) is 1.41. The second-order valence-electron chi connectivity index (χ2n) is 2.52. The molecule has 0 aromatic carbocycles. The fraction of sp³-hybridized carbons (Fsp3) is 0.750. The summed E-state index contributed by atoms with van der Waals surface area (Å²) >= 11 is 1.98. The Morgan fingerprint density at radius 3 is 3.00 bits per heavy atom. The van der Waals surface area contributed by atoms with Crippen LogP contribution in [0.1, 0.15) is 13.8 Å². The van der Waals surface area contributed by atoms with Gasteiger partial charge in [-0.15, -0.1) is 0 Å². The number of thioether (sulfide) groups is 1. The van der Waals surface area contributed by atoms with Crippen molar-refractivity contribution in [3.8, 4) is 0 Å². The van der Waals surface area contributed by atoms with Gasteiger partial charge in [-0.3, -0.25) is 0 Å². The smallest absolute Gasteiger partial charge is 0.0728 e. The van der Waals surface area contributed by atoms with E-state index in [2.05, 4.69) is 13.0 Å². The molecule has 2 atom stereocenters. The van der Waals surface area contributed by atoms with Crippen molar-refractivity contribution in [2.24, 2.45) is 0 Å². The molecular weight excluding hydrogens is 144 g/mol. The van der Waals surface area contributed by atoms with Gasteiger partial charge in [0.15, 0.2) is 0 Å². The average Bonchev–Trinajstić information content (AvgIpc) is 2.67. The van der Waals surface area contributed by atoms with Gasteiger partial charge in [0.05, 0.1) is 12.7 Å². The first-order valence-corrected chi connectivity index (χ1v) is 4.74. The summed E-state index contributed by atoms with van der Waals surface area (Å²) in [5.41, 5.74) is 0. The van der Waals surface area contributed by atoms with E-state index in [4.69, 9.17) is 4.74 Å². The maximum Gasteiger partial charge on any atom is 0.0728 e. The molecule has 1 saturated heterocycles. The third-order valence-corrected chi connectivity index (χ3v) is 2.35. The van der Waals surface area contributed by atoms with Crippen LogP contribution in [-0.2, 0) is 4.74 Å². The van der Waals surface area contributed by atoms with Crippen molar-refractivity contribution in [3.05, 3.63) is 12.2 Å². The molecule has 0 spiro atoms. The molecule has 0 saturated carbocycles. The fourth-order valence-electron chi connectivity index (χ4n) is 0.750. The summed E-state index contributed by atoms with van der Waals surface area (Å²) in [6, 6.07) is 0. The number of hydrogen-bond acceptors (Lipinski definition) is 2. The van der Waals surface area contributed by atoms with E-state index in [1.807, 2.05) is 24.8 Å². The van der Waals surface area contributed by atoms with E-state index >= 15 is 0 Å². The highest BCUT2D eigenvalue weighted by molar-refractivity contribution is 8.06. The number of hydrogen-bond donors (Lipinski definition) is 0. The van der Waals surface area contributed by atoms with Gasteiger partial charge in [-0.05, 0) is 13.8 Å². The van der Waals surface area contributed by atoms with Gasteiger partial charge < -0.3 is 4.74 Å². The maximum atomic E-state index is 5.50. The minimum absolute atomic E-state index is 0.297. The van der Waals surface area contributed by atoms with E-state index in [1.165, 1.54) is 5.75 Å². The molecule has 10 heavy (non-hydrogen) atoms. The lowest BCUT2D eigenvalue weighted by atomic mass is 10.3. The molecule has 58 valence electrons. The van der Waals surface area contributed by atoms with Crippen LogP contribution in [0.15, 0.2) is 12.2 Å². The normalized spacial score (nSPS) is 27.2. The second kappa shape index (κ2) is 4.04. The van der Waals surface area contributed by atoms with Crippen molar-refractivity contribution in [1.29, 1.82) is 0 Å². The monoisotopic (exact) mass is 158 g/mol. The van der Waals surface area contributed by atoms with E-state index in [1.54, 1.807) is 0 Å². The Balaban J connectivity index is 1.99. The molecule has 0 aromatic heterocycles. The molecule has 0 unspecified atom stereocenters. The standard InChI is InChI=1S/C8H14OS/c1-3-4-7(2)9-5-8-6-10-8/h3-4,7-8H,5-6H2,1-2H3/b4-3+/t7-,8+/m1/s1. The fourth-order valence-corrected chi connectivity index (χ4v) is 1.16. The first kappa shape index (κ1) is 8.15. The molecule has 0 radical (unpaired) electrons. The summed E-state index contributed by atoms with van der Waals surface area (Å²) in [4.78, 5) is 0. The highest BCUT2D eigenvalue weighted by Gasteiger charge is 2.22. The summed E-state index contributed by atoms with van der Waals surface area (Å²) in [7, 11) is 0. The van der Waals surface area contributed by atoms with Gasteiger partial charge in [-0.1, -0.05) is 12.2 Å². The summed E-state index contributed by atoms with van der Waals surface area (Å²) in [6.07, 6.45) is 4.41. The summed E-state index contributed by atoms with van der Waals surface area (Å²) in [5.74, 6) is 1.29. The summed E-state index contributed by atoms with van der Waals surface area (Å²) in [6.45, 7) is 5.02. The molecule has 0 aromatic rings. The lowest BCUT2D eigenvalue weighted by Gasteiger charge is -2.05. The molecule has 1 aliphatic rings. The van der Waals surface area contributed by atoms with Gasteiger partial charge >= 0.3 is 0 Å². The quantitative estimate of drug-likeness (QED) is 0.457. The van der Waals surface area contributed by atoms with Crippen molar-refractivity contribution in [2.75, 3.05) is 12.4 Å². The van der Waals surface area contributed by atoms with Gasteiger partial charge in [0.1, 0.15) is 0 Å². The molecule has 0 N–H and O–H groups in total. The number of ether oxygens (including phenoxy) is 1. The number of rotatable bonds is 4. The van der Waals surface area contributed by atoms with Gasteiger partial charge in [0.25, 0.3) is 0 Å². The van der Waals surface area contributed by atoms with Crippen LogP contribution in [-0.4, -0.2) is 23.7 Å². The summed E-state index contributed by atoms with van der Waals surface area (Å²) in [5, 5.41) is 0.799. The lowest BCUT2D eigenvalue weighted by Crippen LogP contribution is -2.08. The second-order valence-corrected chi connectivity index (χ2v) is 3.85. The Morgan fingerprint density at radius 2 is 2.50 bits per heavy atom. The van der Waals surface area contributed by atoms with Crippen LogP contribution in [0.5, 0.6) is 0 Å². The van der Waals surface area contributed by atoms with Crippen LogP contribution in [0.3, 0.4) is 0 Å². The van der Waals surface area contributed by atoms with Gasteiger partial charge in [-0.2, -0.15) is 11.8 Å². The van der Waals surface area contributed by atoms with Crippen LogP contribution in [0.4, 0.5) is 0 Å². The molecule has 0 bridgehead atoms. The Morgan fingerprint density at radius 1 is 1.80 bits per heavy atom. The Bertz CT molecular complexity index is 118. The van der Waals surface area contributed by atoms with E-state index in [9.17, 15) is 0 Å². The molecule has 2 heteroatoms. The zero-order valence-electron chi connectivity index (χ0n) is 6.54. The highest BCUT2D eigenvalue weighted by Crippen LogP contribution is 2.30. The van der Waals surface area contributed by atoms with Gasteiger partial charge in [0.2, 0.25) is 0 Å². The van der Waals surface area contributed by atoms with Crippen molar-refractivity contribution < 1.29 is 4.74 Å². The van der Waals surface area contributed by atoms with Crippen LogP contribution in [0, 0.1) is 0 Å². The van der Waals surface area contributed by atoms with Crippen LogP contribution < -0.4 is 0 Å².